The van der Waals surface area contributed by atoms with E-state index in [4.69, 9.17) is 4.74 Å². The Morgan fingerprint density at radius 1 is 1.50 bits per heavy atom. The fourth-order valence-electron chi connectivity index (χ4n) is 0.954. The molecule has 1 aliphatic heterocycles. The number of ether oxygens (including phenoxy) is 1. The van der Waals surface area contributed by atoms with E-state index >= 15 is 0 Å². The van der Waals surface area contributed by atoms with E-state index < -0.39 is 0 Å². The lowest BCUT2D eigenvalue weighted by Crippen LogP contribution is -2.37. The van der Waals surface area contributed by atoms with E-state index in [0.29, 0.717) is 13.1 Å². The van der Waals surface area contributed by atoms with Crippen molar-refractivity contribution < 1.29 is 9.53 Å². The lowest BCUT2D eigenvalue weighted by atomic mass is 9.86. The van der Waals surface area contributed by atoms with Crippen LogP contribution in [0, 0.1) is 0 Å². The third-order valence-corrected chi connectivity index (χ3v) is 1.47. The highest BCUT2D eigenvalue weighted by Crippen LogP contribution is 2.08. The second-order valence-corrected chi connectivity index (χ2v) is 3.86. The minimum absolute atomic E-state index is 0.229. The monoisotopic (exact) mass is 167 g/mol. The van der Waals surface area contributed by atoms with Gasteiger partial charge in [-0.15, -0.1) is 0 Å². The Morgan fingerprint density at radius 2 is 2.00 bits per heavy atom. The van der Waals surface area contributed by atoms with Gasteiger partial charge < -0.3 is 9.64 Å². The van der Waals surface area contributed by atoms with Crippen LogP contribution in [0.15, 0.2) is 12.2 Å². The van der Waals surface area contributed by atoms with E-state index in [-0.39, 0.29) is 11.6 Å². The number of hydrogen-bond acceptors (Lipinski definition) is 2. The average molecular weight is 167 g/mol. The maximum atomic E-state index is 11.3. The number of rotatable bonds is 1. The predicted molar refractivity (Wildman–Crippen MR) is 49.8 cm³/mol. The predicted octanol–water partition coefficient (Wildman–Crippen LogP) is 0.364. The Balaban J connectivity index is 2.39. The molecule has 0 aromatic carbocycles. The van der Waals surface area contributed by atoms with Crippen LogP contribution in [0.5, 0.6) is 0 Å². The van der Waals surface area contributed by atoms with E-state index in [2.05, 4.69) is 0 Å². The van der Waals surface area contributed by atoms with Crippen molar-refractivity contribution in [2.45, 2.75) is 19.3 Å². The van der Waals surface area contributed by atoms with E-state index in [1.54, 1.807) is 4.90 Å². The Hall–Kier alpha value is -0.925. The summed E-state index contributed by atoms with van der Waals surface area (Å²) in [5.74, 6) is 0. The molecule has 1 aliphatic rings. The maximum absolute atomic E-state index is 11.3. The molecule has 12 heavy (non-hydrogen) atoms. The first-order valence-electron chi connectivity index (χ1n) is 4.12. The number of amides is 1. The molecule has 0 fully saturated rings. The first-order valence-corrected chi connectivity index (χ1v) is 4.12. The summed E-state index contributed by atoms with van der Waals surface area (Å²) in [6, 6.07) is 0. The van der Waals surface area contributed by atoms with Gasteiger partial charge in [-0.25, -0.2) is 4.79 Å². The van der Waals surface area contributed by atoms with Gasteiger partial charge in [0.2, 0.25) is 0 Å². The van der Waals surface area contributed by atoms with Gasteiger partial charge in [0.05, 0.1) is 5.50 Å². The molecule has 1 amide bonds. The van der Waals surface area contributed by atoms with Crippen molar-refractivity contribution in [1.82, 2.24) is 4.90 Å². The van der Waals surface area contributed by atoms with Crippen molar-refractivity contribution in [3.8, 4) is 0 Å². The van der Waals surface area contributed by atoms with Gasteiger partial charge in [-0.2, -0.15) is 0 Å². The third kappa shape index (κ3) is 2.60. The molecule has 0 bridgehead atoms. The molecule has 0 N–H and O–H groups in total. The molecule has 0 spiro atoms. The Labute approximate surface area is 73.8 Å². The summed E-state index contributed by atoms with van der Waals surface area (Å²) in [5.41, 5.74) is -0.389. The quantitative estimate of drug-likeness (QED) is 0.417. The SMILES string of the molecule is BC(C)(C)OC(=O)N1CC=CC1. The molecule has 0 atom stereocenters. The fraction of sp³-hybridized carbons (Fsp3) is 0.625. The standard InChI is InChI=1S/C8H14BNO2/c1-8(2,9)12-7(11)10-5-3-4-6-10/h3-4H,5-6,9H2,1-2H3. The summed E-state index contributed by atoms with van der Waals surface area (Å²) >= 11 is 0. The molecule has 0 aromatic heterocycles. The van der Waals surface area contributed by atoms with Crippen molar-refractivity contribution in [3.63, 3.8) is 0 Å². The molecule has 0 aliphatic carbocycles. The van der Waals surface area contributed by atoms with E-state index in [9.17, 15) is 4.79 Å². The summed E-state index contributed by atoms with van der Waals surface area (Å²) in [4.78, 5) is 13.0. The van der Waals surface area contributed by atoms with Crippen molar-refractivity contribution in [3.05, 3.63) is 12.2 Å². The molecule has 4 heteroatoms. The highest BCUT2D eigenvalue weighted by molar-refractivity contribution is 6.14. The second kappa shape index (κ2) is 3.21. The van der Waals surface area contributed by atoms with Gasteiger partial charge in [0, 0.05) is 13.1 Å². The zero-order chi connectivity index (χ0) is 9.19. The van der Waals surface area contributed by atoms with Crippen molar-refractivity contribution in [2.75, 3.05) is 13.1 Å². The minimum Gasteiger partial charge on any atom is -0.453 e. The summed E-state index contributed by atoms with van der Waals surface area (Å²) in [6.45, 7) is 5.09. The van der Waals surface area contributed by atoms with Gasteiger partial charge in [-0.05, 0) is 13.8 Å². The van der Waals surface area contributed by atoms with Crippen LogP contribution in [0.25, 0.3) is 0 Å². The first-order chi connectivity index (χ1) is 5.49. The van der Waals surface area contributed by atoms with Crippen LogP contribution in [-0.4, -0.2) is 37.4 Å². The minimum atomic E-state index is -0.389. The van der Waals surface area contributed by atoms with Crippen LogP contribution >= 0.6 is 0 Å². The number of carbonyl (C=O) groups excluding carboxylic acids is 1. The molecule has 0 radical (unpaired) electrons. The molecule has 1 heterocycles. The van der Waals surface area contributed by atoms with Crippen LogP contribution in [0.1, 0.15) is 13.8 Å². The van der Waals surface area contributed by atoms with E-state index in [1.165, 1.54) is 0 Å². The molecular formula is C8H14BNO2. The summed E-state index contributed by atoms with van der Waals surface area (Å²) in [7, 11) is 1.87. The molecule has 66 valence electrons. The number of carbonyl (C=O) groups is 1. The van der Waals surface area contributed by atoms with Gasteiger partial charge in [0.25, 0.3) is 0 Å². The van der Waals surface area contributed by atoms with Gasteiger partial charge in [0.15, 0.2) is 7.85 Å². The van der Waals surface area contributed by atoms with Gasteiger partial charge >= 0.3 is 6.09 Å². The normalized spacial score (nSPS) is 16.7. The second-order valence-electron chi connectivity index (χ2n) is 3.86. The van der Waals surface area contributed by atoms with Crippen molar-refractivity contribution in [2.24, 2.45) is 0 Å². The lowest BCUT2D eigenvalue weighted by molar-refractivity contribution is 0.0652. The molecular weight excluding hydrogens is 153 g/mol. The van der Waals surface area contributed by atoms with Crippen LogP contribution in [0.2, 0.25) is 0 Å². The molecule has 3 nitrogen and oxygen atoms in total. The highest BCUT2D eigenvalue weighted by atomic mass is 16.6. The molecule has 0 aromatic rings. The number of nitrogens with zero attached hydrogens (tertiary/aromatic N) is 1. The molecule has 0 saturated carbocycles. The summed E-state index contributed by atoms with van der Waals surface area (Å²) in [5, 5.41) is 0. The largest absolute Gasteiger partial charge is 0.453 e. The Morgan fingerprint density at radius 3 is 2.42 bits per heavy atom. The van der Waals surface area contributed by atoms with Crippen molar-refractivity contribution in [1.29, 1.82) is 0 Å². The Bertz CT molecular complexity index is 200. The fourth-order valence-corrected chi connectivity index (χ4v) is 0.954. The van der Waals surface area contributed by atoms with Gasteiger partial charge in [0.1, 0.15) is 0 Å². The summed E-state index contributed by atoms with van der Waals surface area (Å²) < 4.78 is 5.17. The number of hydrogen-bond donors (Lipinski definition) is 0. The van der Waals surface area contributed by atoms with E-state index in [1.807, 2.05) is 33.8 Å². The van der Waals surface area contributed by atoms with E-state index in [0.717, 1.165) is 0 Å². The lowest BCUT2D eigenvalue weighted by Gasteiger charge is -2.24. The maximum Gasteiger partial charge on any atom is 0.410 e. The summed E-state index contributed by atoms with van der Waals surface area (Å²) in [6.07, 6.45) is 3.70. The van der Waals surface area contributed by atoms with Crippen LogP contribution in [0.4, 0.5) is 4.79 Å². The van der Waals surface area contributed by atoms with Gasteiger partial charge in [-0.3, -0.25) is 0 Å². The Kier molecular flexibility index (Phi) is 2.45. The molecule has 1 rings (SSSR count). The zero-order valence-corrected chi connectivity index (χ0v) is 7.83. The average Bonchev–Trinajstić information content (AvgIpc) is 2.32. The van der Waals surface area contributed by atoms with Crippen LogP contribution < -0.4 is 0 Å². The van der Waals surface area contributed by atoms with Gasteiger partial charge in [-0.1, -0.05) is 12.2 Å². The topological polar surface area (TPSA) is 29.5 Å². The molecule has 0 unspecified atom stereocenters. The third-order valence-electron chi connectivity index (χ3n) is 1.47. The first kappa shape index (κ1) is 9.17. The van der Waals surface area contributed by atoms with Crippen LogP contribution in [0.3, 0.4) is 0 Å². The highest BCUT2D eigenvalue weighted by Gasteiger charge is 2.21. The molecule has 0 saturated heterocycles. The smallest absolute Gasteiger partial charge is 0.410 e. The van der Waals surface area contributed by atoms with Crippen molar-refractivity contribution >= 4 is 13.9 Å². The van der Waals surface area contributed by atoms with Crippen LogP contribution in [-0.2, 0) is 4.74 Å². The zero-order valence-electron chi connectivity index (χ0n) is 7.83.